The second-order valence-corrected chi connectivity index (χ2v) is 19.6. The van der Waals surface area contributed by atoms with Crippen LogP contribution in [0.4, 0.5) is 5.69 Å². The summed E-state index contributed by atoms with van der Waals surface area (Å²) in [6, 6.07) is 9.82. The van der Waals surface area contributed by atoms with E-state index in [4.69, 9.17) is 0 Å². The predicted octanol–water partition coefficient (Wildman–Crippen LogP) is -1.47. The zero-order chi connectivity index (χ0) is 59.0. The maximum atomic E-state index is 14.2. The second-order valence-electron chi connectivity index (χ2n) is 19.6. The number of aromatic amines is 1. The molecule has 30 heteroatoms. The van der Waals surface area contributed by atoms with Gasteiger partial charge in [-0.25, -0.2) is 4.98 Å². The number of aromatic nitrogens is 2. The van der Waals surface area contributed by atoms with Gasteiger partial charge in [-0.2, -0.15) is 0 Å². The number of nitrogens with one attached hydrogen (secondary N) is 5. The van der Waals surface area contributed by atoms with Gasteiger partial charge in [0.05, 0.1) is 39.1 Å². The van der Waals surface area contributed by atoms with Gasteiger partial charge in [-0.3, -0.25) is 72.3 Å². The van der Waals surface area contributed by atoms with Crippen LogP contribution in [0.3, 0.4) is 0 Å². The van der Waals surface area contributed by atoms with Crippen LogP contribution in [0.2, 0.25) is 0 Å². The first-order valence-electron chi connectivity index (χ1n) is 26.2. The summed E-state index contributed by atoms with van der Waals surface area (Å²) < 4.78 is 0. The van der Waals surface area contributed by atoms with E-state index in [2.05, 4.69) is 31.2 Å². The molecule has 1 saturated heterocycles. The van der Waals surface area contributed by atoms with Crippen molar-refractivity contribution in [2.24, 2.45) is 0 Å². The minimum Gasteiger partial charge on any atom is -0.481 e. The first-order chi connectivity index (χ1) is 38.6. The van der Waals surface area contributed by atoms with Crippen molar-refractivity contribution in [3.05, 3.63) is 83.4 Å². The summed E-state index contributed by atoms with van der Waals surface area (Å²) in [7, 11) is 0. The summed E-state index contributed by atoms with van der Waals surface area (Å²) >= 11 is 0. The van der Waals surface area contributed by atoms with Crippen LogP contribution in [-0.2, 0) is 100 Å². The second kappa shape index (κ2) is 34.1. The number of hydrogen-bond acceptors (Lipinski definition) is 17. The Kier molecular flexibility index (Phi) is 27.9. The van der Waals surface area contributed by atoms with Crippen molar-refractivity contribution >= 4 is 71.0 Å². The smallest absolute Gasteiger partial charge is 0.317 e. The fraction of sp³-hybridized carbons (Fsp3) is 0.500. The van der Waals surface area contributed by atoms with Crippen molar-refractivity contribution in [1.29, 1.82) is 0 Å². The van der Waals surface area contributed by atoms with Crippen molar-refractivity contribution in [2.75, 3.05) is 96.9 Å². The third-order valence-corrected chi connectivity index (χ3v) is 13.3. The van der Waals surface area contributed by atoms with Crippen LogP contribution in [0.25, 0.3) is 0 Å². The van der Waals surface area contributed by atoms with E-state index in [1.54, 1.807) is 55.1 Å². The van der Waals surface area contributed by atoms with Gasteiger partial charge in [-0.05, 0) is 48.6 Å². The van der Waals surface area contributed by atoms with Crippen LogP contribution in [0.1, 0.15) is 65.8 Å². The quantitative estimate of drug-likeness (QED) is 0.0353. The van der Waals surface area contributed by atoms with Gasteiger partial charge in [0.25, 0.3) is 5.91 Å². The molecule has 5 rings (SSSR count). The molecule has 11 N–H and O–H groups in total. The van der Waals surface area contributed by atoms with Gasteiger partial charge >= 0.3 is 35.8 Å². The molecule has 2 aliphatic rings. The monoisotopic (exact) mass is 1220 g/mol. The molecule has 1 aromatic heterocycles. The standard InChI is InChI=1S/C52H70N12O17.Y/c65-42(30-59-17-19-60(31-46(72)73)21-23-62(33-48(76)77)24-22-61(20-18-59)32-47(74)75)57-39(10-12-44(68)69)50(79)58-38(9-11-43(66)67)49(78)55-13-4-16-63-28-36-25-35(7-8-37(36)56-40(52(63)81)26-45(70)71)51(80)64(29-41-53-14-15-54-41)27-34-5-2-1-3-6-34;/h1-3,5-8,14-15,25,38-40,56H,4,9-13,16-24,26-33H2,(H,53,54)(H,55,78)(H,57,65)(H,58,79)(H,66,67)(H,68,69)(H,70,71)(H,72,73)(H,74,75)(H,76,77);/i;1+1. The average molecular weight is 1230 g/mol. The normalized spacial score (nSPS) is 16.4. The molecule has 1 radical (unpaired) electrons. The van der Waals surface area contributed by atoms with E-state index in [9.17, 15) is 83.4 Å². The Morgan fingerprint density at radius 3 is 1.68 bits per heavy atom. The number of nitrogens with zero attached hydrogens (tertiary/aromatic N) is 7. The minimum atomic E-state index is -1.57. The Morgan fingerprint density at radius 1 is 0.646 bits per heavy atom. The zero-order valence-electron chi connectivity index (χ0n) is 45.2. The summed E-state index contributed by atoms with van der Waals surface area (Å²) in [5.74, 6) is -10.4. The third-order valence-electron chi connectivity index (χ3n) is 13.3. The van der Waals surface area contributed by atoms with Gasteiger partial charge < -0.3 is 66.7 Å². The van der Waals surface area contributed by atoms with Gasteiger partial charge in [0.15, 0.2) is 0 Å². The molecular weight excluding hydrogens is 1150 g/mol. The number of carbonyl (C=O) groups is 11. The van der Waals surface area contributed by atoms with Gasteiger partial charge in [0.2, 0.25) is 23.6 Å². The van der Waals surface area contributed by atoms with Crippen LogP contribution in [0.15, 0.2) is 60.9 Å². The topological polar surface area (TPSA) is 405 Å². The van der Waals surface area contributed by atoms with Crippen molar-refractivity contribution in [2.45, 2.75) is 76.3 Å². The summed E-state index contributed by atoms with van der Waals surface area (Å²) in [4.78, 5) is 156. The van der Waals surface area contributed by atoms with Crippen LogP contribution in [0.5, 0.6) is 0 Å². The molecule has 0 bridgehead atoms. The summed E-state index contributed by atoms with van der Waals surface area (Å²) in [6.07, 6.45) is 0.551. The number of fused-ring (bicyclic) bond motifs is 1. The van der Waals surface area contributed by atoms with Crippen LogP contribution in [0, 0.1) is 0 Å². The molecule has 3 atom stereocenters. The van der Waals surface area contributed by atoms with Crippen LogP contribution >= 0.6 is 0 Å². The van der Waals surface area contributed by atoms with E-state index in [-0.39, 0.29) is 142 Å². The Hall–Kier alpha value is -7.44. The predicted molar refractivity (Wildman–Crippen MR) is 284 cm³/mol. The molecular formula is C52H70N12O17Y. The van der Waals surface area contributed by atoms with E-state index in [0.29, 0.717) is 17.1 Å². The SMILES string of the molecule is O=C(O)CCC(NC(=O)CN1CCN(CC(=O)O)CCN(CC(=O)O)CCN(CC(=O)O)CC1)C(=O)NC(CCC(=O)O)C(=O)NCCCN1Cc2cc(C(=O)N(Cc3ccccc3)Cc3ncc[nH]3)ccc2NC(CC(=O)O)C1=O.[90Y]. The summed E-state index contributed by atoms with van der Waals surface area (Å²) in [6.45, 7) is -0.788. The Balaban J connectivity index is 0.0000144. The van der Waals surface area contributed by atoms with Crippen LogP contribution in [-0.4, -0.2) is 245 Å². The Bertz CT molecular complexity index is 2650. The molecule has 2 aliphatic heterocycles. The van der Waals surface area contributed by atoms with Crippen molar-refractivity contribution in [3.8, 4) is 0 Å². The number of imidazole rings is 1. The minimum absolute atomic E-state index is 0. The number of benzene rings is 2. The number of rotatable bonds is 29. The molecule has 0 aliphatic carbocycles. The number of carbonyl (C=O) groups excluding carboxylic acids is 5. The van der Waals surface area contributed by atoms with Gasteiger partial charge in [0, 0.05) is 148 Å². The Morgan fingerprint density at radius 2 is 1.18 bits per heavy atom. The fourth-order valence-corrected chi connectivity index (χ4v) is 9.18. The fourth-order valence-electron chi connectivity index (χ4n) is 9.18. The molecule has 2 aromatic carbocycles. The number of carboxylic acid groups (broad SMARTS) is 6. The maximum Gasteiger partial charge on any atom is 0.317 e. The molecule has 443 valence electrons. The molecule has 1 fully saturated rings. The van der Waals surface area contributed by atoms with E-state index >= 15 is 0 Å². The number of hydrogen-bond donors (Lipinski definition) is 11. The van der Waals surface area contributed by atoms with Gasteiger partial charge in [-0.15, -0.1) is 0 Å². The number of carboxylic acids is 6. The van der Waals surface area contributed by atoms with E-state index in [1.165, 1.54) is 4.90 Å². The van der Waals surface area contributed by atoms with Crippen molar-refractivity contribution in [1.82, 2.24) is 55.3 Å². The summed E-state index contributed by atoms with van der Waals surface area (Å²) in [5.41, 5.74) is 2.07. The number of anilines is 1. The van der Waals surface area contributed by atoms with Crippen LogP contribution < -0.4 is 21.3 Å². The molecule has 0 saturated carbocycles. The maximum absolute atomic E-state index is 14.2. The van der Waals surface area contributed by atoms with E-state index in [0.717, 1.165) is 5.56 Å². The first-order valence-corrected chi connectivity index (χ1v) is 26.2. The van der Waals surface area contributed by atoms with E-state index in [1.807, 2.05) is 30.3 Å². The van der Waals surface area contributed by atoms with Gasteiger partial charge in [0.1, 0.15) is 23.9 Å². The molecule has 0 spiro atoms. The molecule has 3 aromatic rings. The summed E-state index contributed by atoms with van der Waals surface area (Å²) in [5, 5.41) is 68.0. The first kappa shape index (κ1) is 67.1. The largest absolute Gasteiger partial charge is 0.481 e. The van der Waals surface area contributed by atoms with Gasteiger partial charge in [-0.1, -0.05) is 30.3 Å². The number of aliphatic carboxylic acids is 6. The Labute approximate surface area is 496 Å². The molecule has 3 unspecified atom stereocenters. The number of H-pyrrole nitrogens is 1. The number of amides is 5. The third kappa shape index (κ3) is 23.6. The van der Waals surface area contributed by atoms with E-state index < -0.39 is 129 Å². The zero-order valence-corrected chi connectivity index (χ0v) is 48.0. The average Bonchev–Trinajstić information content (AvgIpc) is 3.91. The molecule has 82 heavy (non-hydrogen) atoms. The molecule has 3 heterocycles. The molecule has 5 amide bonds. The molecule has 29 nitrogen and oxygen atoms in total. The van der Waals surface area contributed by atoms with Crippen molar-refractivity contribution < 1.29 is 116 Å². The van der Waals surface area contributed by atoms with Crippen molar-refractivity contribution in [3.63, 3.8) is 0 Å².